The topological polar surface area (TPSA) is 106 Å². The lowest BCUT2D eigenvalue weighted by molar-refractivity contribution is 0.0426. The predicted molar refractivity (Wildman–Crippen MR) is 118 cm³/mol. The van der Waals surface area contributed by atoms with Crippen LogP contribution in [-0.4, -0.2) is 48.6 Å². The SMILES string of the molecule is C=C(/C=C\C=C(/N)Nc1sc(-c2ccncc2)cc1C(N)=O)CN1CCOCC1. The van der Waals surface area contributed by atoms with Crippen LogP contribution in [0.5, 0.6) is 0 Å². The molecule has 1 fully saturated rings. The quantitative estimate of drug-likeness (QED) is 0.577. The molecule has 1 aliphatic heterocycles. The Morgan fingerprint density at radius 3 is 2.72 bits per heavy atom. The number of aromatic nitrogens is 1. The molecule has 0 saturated carbocycles. The Balaban J connectivity index is 1.64. The molecule has 0 unspecified atom stereocenters. The van der Waals surface area contributed by atoms with Crippen molar-refractivity contribution in [1.82, 2.24) is 9.88 Å². The minimum Gasteiger partial charge on any atom is -0.385 e. The fourth-order valence-corrected chi connectivity index (χ4v) is 3.97. The monoisotopic (exact) mass is 411 g/mol. The van der Waals surface area contributed by atoms with Gasteiger partial charge in [0.2, 0.25) is 0 Å². The van der Waals surface area contributed by atoms with Crippen LogP contribution in [0.15, 0.2) is 66.8 Å². The third kappa shape index (κ3) is 6.02. The van der Waals surface area contributed by atoms with E-state index in [0.29, 0.717) is 16.4 Å². The lowest BCUT2D eigenvalue weighted by Gasteiger charge is -2.26. The summed E-state index contributed by atoms with van der Waals surface area (Å²) in [5, 5.41) is 3.68. The number of nitrogens with zero attached hydrogens (tertiary/aromatic N) is 2. The average Bonchev–Trinajstić information content (AvgIpc) is 3.13. The van der Waals surface area contributed by atoms with Gasteiger partial charge < -0.3 is 21.5 Å². The molecule has 2 aromatic heterocycles. The Morgan fingerprint density at radius 2 is 2.03 bits per heavy atom. The number of primary amides is 1. The van der Waals surface area contributed by atoms with Crippen LogP contribution in [-0.2, 0) is 4.74 Å². The summed E-state index contributed by atoms with van der Waals surface area (Å²) < 4.78 is 5.35. The number of amides is 1. The molecule has 0 aliphatic carbocycles. The van der Waals surface area contributed by atoms with Gasteiger partial charge in [-0.15, -0.1) is 11.3 Å². The van der Waals surface area contributed by atoms with Gasteiger partial charge in [-0.3, -0.25) is 14.7 Å². The number of hydrogen-bond acceptors (Lipinski definition) is 7. The number of carbonyl (C=O) groups is 1. The van der Waals surface area contributed by atoms with E-state index in [1.165, 1.54) is 11.3 Å². The summed E-state index contributed by atoms with van der Waals surface area (Å²) in [6.07, 6.45) is 8.91. The number of morpholine rings is 1. The van der Waals surface area contributed by atoms with E-state index in [4.69, 9.17) is 16.2 Å². The summed E-state index contributed by atoms with van der Waals surface area (Å²) in [5.41, 5.74) is 14.0. The second kappa shape index (κ2) is 10.0. The number of thiophene rings is 1. The Bertz CT molecular complexity index is 914. The van der Waals surface area contributed by atoms with Gasteiger partial charge in [-0.25, -0.2) is 0 Å². The standard InChI is InChI=1S/C21H25N5O2S/c1-15(14-26-9-11-28-12-10-26)3-2-4-19(22)25-21-17(20(23)27)13-18(29-21)16-5-7-24-8-6-16/h2-8,13,25H,1,9-12,14,22H2,(H2,23,27)/b3-2-,19-4+. The highest BCUT2D eigenvalue weighted by Crippen LogP contribution is 2.35. The third-order valence-electron chi connectivity index (χ3n) is 4.36. The van der Waals surface area contributed by atoms with Crippen LogP contribution < -0.4 is 16.8 Å². The van der Waals surface area contributed by atoms with Crippen molar-refractivity contribution in [2.24, 2.45) is 11.5 Å². The van der Waals surface area contributed by atoms with Crippen molar-refractivity contribution in [2.45, 2.75) is 0 Å². The maximum atomic E-state index is 11.8. The maximum Gasteiger partial charge on any atom is 0.251 e. The first kappa shape index (κ1) is 20.8. The summed E-state index contributed by atoms with van der Waals surface area (Å²) in [5.74, 6) is -0.0997. The molecule has 1 aliphatic rings. The van der Waals surface area contributed by atoms with Gasteiger partial charge in [0.25, 0.3) is 5.91 Å². The molecular weight excluding hydrogens is 386 g/mol. The van der Waals surface area contributed by atoms with Crippen molar-refractivity contribution in [3.8, 4) is 10.4 Å². The lowest BCUT2D eigenvalue weighted by Crippen LogP contribution is -2.37. The number of carbonyl (C=O) groups excluding carboxylic acids is 1. The molecule has 7 nitrogen and oxygen atoms in total. The summed E-state index contributed by atoms with van der Waals surface area (Å²) in [7, 11) is 0. The molecule has 0 spiro atoms. The molecule has 3 heterocycles. The van der Waals surface area contributed by atoms with Crippen molar-refractivity contribution < 1.29 is 9.53 Å². The first-order chi connectivity index (χ1) is 14.0. The van der Waals surface area contributed by atoms with Gasteiger partial charge in [0.1, 0.15) is 10.8 Å². The van der Waals surface area contributed by atoms with E-state index in [0.717, 1.165) is 48.9 Å². The molecule has 0 bridgehead atoms. The fourth-order valence-electron chi connectivity index (χ4n) is 2.89. The minimum absolute atomic E-state index is 0.402. The highest BCUT2D eigenvalue weighted by Gasteiger charge is 2.15. The van der Waals surface area contributed by atoms with Crippen LogP contribution in [0.4, 0.5) is 5.00 Å². The molecule has 0 aromatic carbocycles. The fraction of sp³-hybridized carbons (Fsp3) is 0.238. The second-order valence-corrected chi connectivity index (χ2v) is 7.66. The van der Waals surface area contributed by atoms with Gasteiger partial charge in [-0.2, -0.15) is 0 Å². The molecule has 8 heteroatoms. The molecule has 0 atom stereocenters. The zero-order valence-corrected chi connectivity index (χ0v) is 17.0. The van der Waals surface area contributed by atoms with E-state index in [1.54, 1.807) is 24.5 Å². The molecule has 5 N–H and O–H groups in total. The van der Waals surface area contributed by atoms with Gasteiger partial charge in [-0.05, 0) is 35.4 Å². The van der Waals surface area contributed by atoms with Crippen LogP contribution in [0.1, 0.15) is 10.4 Å². The zero-order valence-electron chi connectivity index (χ0n) is 16.1. The number of nitrogens with two attached hydrogens (primary N) is 2. The highest BCUT2D eigenvalue weighted by molar-refractivity contribution is 7.19. The summed E-state index contributed by atoms with van der Waals surface area (Å²) in [6, 6.07) is 5.52. The Morgan fingerprint density at radius 1 is 1.31 bits per heavy atom. The molecule has 3 rings (SSSR count). The van der Waals surface area contributed by atoms with Crippen molar-refractivity contribution in [3.63, 3.8) is 0 Å². The number of nitrogens with one attached hydrogen (secondary N) is 1. The van der Waals surface area contributed by atoms with Crippen LogP contribution in [0, 0.1) is 0 Å². The van der Waals surface area contributed by atoms with Gasteiger partial charge in [-0.1, -0.05) is 18.7 Å². The van der Waals surface area contributed by atoms with Crippen molar-refractivity contribution in [2.75, 3.05) is 38.2 Å². The van der Waals surface area contributed by atoms with Gasteiger partial charge in [0.15, 0.2) is 0 Å². The van der Waals surface area contributed by atoms with Crippen LogP contribution in [0.3, 0.4) is 0 Å². The third-order valence-corrected chi connectivity index (χ3v) is 5.46. The molecular formula is C21H25N5O2S. The Hall–Kier alpha value is -2.94. The Kier molecular flexibility index (Phi) is 7.18. The van der Waals surface area contributed by atoms with Crippen LogP contribution >= 0.6 is 11.3 Å². The van der Waals surface area contributed by atoms with E-state index in [1.807, 2.05) is 24.3 Å². The van der Waals surface area contributed by atoms with Crippen LogP contribution in [0.2, 0.25) is 0 Å². The number of pyridine rings is 1. The molecule has 1 saturated heterocycles. The van der Waals surface area contributed by atoms with E-state index in [-0.39, 0.29) is 0 Å². The summed E-state index contributed by atoms with van der Waals surface area (Å²) >= 11 is 1.41. The highest BCUT2D eigenvalue weighted by atomic mass is 32.1. The number of hydrogen-bond donors (Lipinski definition) is 3. The number of anilines is 1. The first-order valence-electron chi connectivity index (χ1n) is 9.25. The smallest absolute Gasteiger partial charge is 0.251 e. The first-order valence-corrected chi connectivity index (χ1v) is 10.1. The number of ether oxygens (including phenoxy) is 1. The largest absolute Gasteiger partial charge is 0.385 e. The Labute approximate surface area is 174 Å². The molecule has 29 heavy (non-hydrogen) atoms. The second-order valence-electron chi connectivity index (χ2n) is 6.61. The molecule has 0 radical (unpaired) electrons. The number of rotatable bonds is 8. The minimum atomic E-state index is -0.508. The van der Waals surface area contributed by atoms with E-state index in [2.05, 4.69) is 21.8 Å². The van der Waals surface area contributed by atoms with Crippen LogP contribution in [0.25, 0.3) is 10.4 Å². The molecule has 2 aromatic rings. The lowest BCUT2D eigenvalue weighted by atomic mass is 10.2. The van der Waals surface area contributed by atoms with Gasteiger partial charge in [0, 0.05) is 36.9 Å². The summed E-state index contributed by atoms with van der Waals surface area (Å²) in [4.78, 5) is 19.0. The van der Waals surface area contributed by atoms with E-state index >= 15 is 0 Å². The zero-order chi connectivity index (χ0) is 20.6. The normalized spacial score (nSPS) is 15.5. The molecule has 152 valence electrons. The molecule has 1 amide bonds. The van der Waals surface area contributed by atoms with Crippen molar-refractivity contribution >= 4 is 22.2 Å². The number of allylic oxidation sites excluding steroid dienone is 2. The van der Waals surface area contributed by atoms with Gasteiger partial charge >= 0.3 is 0 Å². The van der Waals surface area contributed by atoms with Gasteiger partial charge in [0.05, 0.1) is 18.8 Å². The average molecular weight is 412 g/mol. The summed E-state index contributed by atoms with van der Waals surface area (Å²) in [6.45, 7) is 8.24. The van der Waals surface area contributed by atoms with Crippen molar-refractivity contribution in [3.05, 3.63) is 72.4 Å². The van der Waals surface area contributed by atoms with Crippen molar-refractivity contribution in [1.29, 1.82) is 0 Å². The predicted octanol–water partition coefficient (Wildman–Crippen LogP) is 2.57. The van der Waals surface area contributed by atoms with E-state index < -0.39 is 5.91 Å². The van der Waals surface area contributed by atoms with E-state index in [9.17, 15) is 4.79 Å². The maximum absolute atomic E-state index is 11.8.